The molecule has 0 saturated carbocycles. The van der Waals surface area contributed by atoms with Crippen molar-refractivity contribution in [3.05, 3.63) is 23.8 Å². The number of hydrogen-bond donors (Lipinski definition) is 3. The van der Waals surface area contributed by atoms with E-state index >= 15 is 0 Å². The largest absolute Gasteiger partial charge is 0.480 e. The SMILES string of the molecule is CCOC(=O)c1ccc2c(c1)nc1nc(NC(C)C(=O)O)[nH]n12. The highest BCUT2D eigenvalue weighted by molar-refractivity contribution is 5.94. The summed E-state index contributed by atoms with van der Waals surface area (Å²) in [6.07, 6.45) is 0. The molecule has 2 aromatic heterocycles. The summed E-state index contributed by atoms with van der Waals surface area (Å²) in [6, 6.07) is 4.21. The van der Waals surface area contributed by atoms with Gasteiger partial charge in [0.15, 0.2) is 0 Å². The lowest BCUT2D eigenvalue weighted by atomic mass is 10.2. The Hall–Kier alpha value is -3.10. The summed E-state index contributed by atoms with van der Waals surface area (Å²) in [5.74, 6) is -0.709. The number of ether oxygens (including phenoxy) is 1. The number of benzene rings is 1. The molecule has 2 heterocycles. The van der Waals surface area contributed by atoms with E-state index < -0.39 is 18.0 Å². The zero-order valence-corrected chi connectivity index (χ0v) is 12.5. The van der Waals surface area contributed by atoms with E-state index in [0.29, 0.717) is 29.4 Å². The van der Waals surface area contributed by atoms with Gasteiger partial charge in [-0.3, -0.25) is 9.89 Å². The molecule has 120 valence electrons. The van der Waals surface area contributed by atoms with Gasteiger partial charge in [-0.1, -0.05) is 0 Å². The van der Waals surface area contributed by atoms with Crippen LogP contribution in [0.3, 0.4) is 0 Å². The van der Waals surface area contributed by atoms with Crippen LogP contribution in [0.15, 0.2) is 18.2 Å². The number of carboxylic acids is 1. The Kier molecular flexibility index (Phi) is 3.61. The number of anilines is 1. The van der Waals surface area contributed by atoms with Crippen molar-refractivity contribution >= 4 is 34.7 Å². The summed E-state index contributed by atoms with van der Waals surface area (Å²) in [7, 11) is 0. The fourth-order valence-corrected chi connectivity index (χ4v) is 2.16. The molecule has 1 aromatic carbocycles. The number of hydrogen-bond acceptors (Lipinski definition) is 6. The van der Waals surface area contributed by atoms with Crippen LogP contribution in [-0.4, -0.2) is 49.3 Å². The molecule has 0 radical (unpaired) electrons. The molecule has 9 nitrogen and oxygen atoms in total. The zero-order chi connectivity index (χ0) is 16.6. The van der Waals surface area contributed by atoms with Gasteiger partial charge in [0.2, 0.25) is 5.95 Å². The van der Waals surface area contributed by atoms with Crippen LogP contribution in [0.4, 0.5) is 5.95 Å². The molecule has 9 heteroatoms. The number of aromatic amines is 1. The molecule has 0 aliphatic heterocycles. The van der Waals surface area contributed by atoms with Crippen LogP contribution >= 0.6 is 0 Å². The monoisotopic (exact) mass is 317 g/mol. The van der Waals surface area contributed by atoms with Crippen molar-refractivity contribution in [3.8, 4) is 0 Å². The Morgan fingerprint density at radius 3 is 2.91 bits per heavy atom. The molecule has 0 aliphatic rings. The van der Waals surface area contributed by atoms with E-state index in [-0.39, 0.29) is 0 Å². The second-order valence-electron chi connectivity index (χ2n) is 4.95. The minimum atomic E-state index is -0.983. The number of aliphatic carboxylic acids is 1. The highest BCUT2D eigenvalue weighted by atomic mass is 16.5. The van der Waals surface area contributed by atoms with Crippen LogP contribution in [0.2, 0.25) is 0 Å². The summed E-state index contributed by atoms with van der Waals surface area (Å²) in [4.78, 5) is 31.1. The van der Waals surface area contributed by atoms with Crippen molar-refractivity contribution in [1.82, 2.24) is 19.6 Å². The van der Waals surface area contributed by atoms with Crippen LogP contribution in [0.25, 0.3) is 16.8 Å². The fraction of sp³-hybridized carbons (Fsp3) is 0.286. The van der Waals surface area contributed by atoms with Crippen LogP contribution in [0, 0.1) is 0 Å². The minimum absolute atomic E-state index is 0.304. The Morgan fingerprint density at radius 2 is 2.22 bits per heavy atom. The Balaban J connectivity index is 1.96. The van der Waals surface area contributed by atoms with Crippen molar-refractivity contribution in [2.24, 2.45) is 0 Å². The molecule has 3 rings (SSSR count). The van der Waals surface area contributed by atoms with Gasteiger partial charge in [-0.2, -0.15) is 4.98 Å². The van der Waals surface area contributed by atoms with E-state index in [4.69, 9.17) is 9.84 Å². The van der Waals surface area contributed by atoms with Crippen molar-refractivity contribution in [2.45, 2.75) is 19.9 Å². The quantitative estimate of drug-likeness (QED) is 0.606. The molecule has 23 heavy (non-hydrogen) atoms. The summed E-state index contributed by atoms with van der Waals surface area (Å²) < 4.78 is 6.57. The average Bonchev–Trinajstić information content (AvgIpc) is 3.03. The highest BCUT2D eigenvalue weighted by Gasteiger charge is 2.16. The third kappa shape index (κ3) is 2.68. The normalized spacial score (nSPS) is 12.4. The van der Waals surface area contributed by atoms with Crippen molar-refractivity contribution in [3.63, 3.8) is 0 Å². The number of nitrogens with one attached hydrogen (secondary N) is 2. The fourth-order valence-electron chi connectivity index (χ4n) is 2.16. The second kappa shape index (κ2) is 5.59. The first-order valence-corrected chi connectivity index (χ1v) is 7.04. The molecule has 1 unspecified atom stereocenters. The number of carbonyl (C=O) groups is 2. The number of H-pyrrole nitrogens is 1. The molecule has 0 aliphatic carbocycles. The first kappa shape index (κ1) is 14.8. The van der Waals surface area contributed by atoms with Gasteiger partial charge in [-0.25, -0.2) is 14.3 Å². The second-order valence-corrected chi connectivity index (χ2v) is 4.95. The number of carbonyl (C=O) groups excluding carboxylic acids is 1. The highest BCUT2D eigenvalue weighted by Crippen LogP contribution is 2.19. The predicted octanol–water partition coefficient (Wildman–Crippen LogP) is 1.27. The topological polar surface area (TPSA) is 122 Å². The molecule has 1 atom stereocenters. The van der Waals surface area contributed by atoms with E-state index in [9.17, 15) is 9.59 Å². The Labute approximate surface area is 130 Å². The third-order valence-electron chi connectivity index (χ3n) is 3.30. The van der Waals surface area contributed by atoms with Gasteiger partial charge in [0.25, 0.3) is 5.78 Å². The number of nitrogens with zero attached hydrogens (tertiary/aromatic N) is 3. The molecule has 3 N–H and O–H groups in total. The molecule has 0 bridgehead atoms. The van der Waals surface area contributed by atoms with Gasteiger partial charge >= 0.3 is 11.9 Å². The van der Waals surface area contributed by atoms with Gasteiger partial charge in [0.1, 0.15) is 6.04 Å². The van der Waals surface area contributed by atoms with E-state index in [1.807, 2.05) is 0 Å². The maximum Gasteiger partial charge on any atom is 0.338 e. The van der Waals surface area contributed by atoms with E-state index in [2.05, 4.69) is 20.4 Å². The molecule has 0 fully saturated rings. The van der Waals surface area contributed by atoms with Crippen LogP contribution in [0.5, 0.6) is 0 Å². The molecule has 0 saturated heterocycles. The van der Waals surface area contributed by atoms with Gasteiger partial charge in [-0.05, 0) is 32.0 Å². The summed E-state index contributed by atoms with van der Waals surface area (Å²) >= 11 is 0. The average molecular weight is 317 g/mol. The number of imidazole rings is 1. The number of rotatable bonds is 5. The minimum Gasteiger partial charge on any atom is -0.480 e. The maximum atomic E-state index is 11.7. The molecular formula is C14H15N5O4. The molecule has 3 aromatic rings. The standard InChI is InChI=1S/C14H15N5O4/c1-3-23-12(22)8-4-5-10-9(6-8)16-14-17-13(18-19(10)14)15-7(2)11(20)21/h4-7H,3H2,1-2H3,(H,20,21)(H2,15,16,17,18). The zero-order valence-electron chi connectivity index (χ0n) is 12.5. The lowest BCUT2D eigenvalue weighted by Crippen LogP contribution is -2.26. The van der Waals surface area contributed by atoms with E-state index in [1.165, 1.54) is 6.92 Å². The summed E-state index contributed by atoms with van der Waals surface area (Å²) in [5.41, 5.74) is 1.72. The van der Waals surface area contributed by atoms with Crippen LogP contribution < -0.4 is 5.32 Å². The first-order valence-electron chi connectivity index (χ1n) is 7.04. The van der Waals surface area contributed by atoms with Gasteiger partial charge < -0.3 is 15.2 Å². The maximum absolute atomic E-state index is 11.7. The van der Waals surface area contributed by atoms with Gasteiger partial charge in [-0.15, -0.1) is 0 Å². The van der Waals surface area contributed by atoms with Crippen molar-refractivity contribution in [1.29, 1.82) is 0 Å². The molecule has 0 spiro atoms. The van der Waals surface area contributed by atoms with Crippen molar-refractivity contribution < 1.29 is 19.4 Å². The number of fused-ring (bicyclic) bond motifs is 3. The van der Waals surface area contributed by atoms with Gasteiger partial charge in [0, 0.05) is 0 Å². The molecular weight excluding hydrogens is 302 g/mol. The summed E-state index contributed by atoms with van der Waals surface area (Å²) in [6.45, 7) is 3.56. The number of carboxylic acid groups (broad SMARTS) is 1. The molecule has 0 amide bonds. The van der Waals surface area contributed by atoms with Gasteiger partial charge in [0.05, 0.1) is 23.2 Å². The third-order valence-corrected chi connectivity index (χ3v) is 3.30. The predicted molar refractivity (Wildman–Crippen MR) is 81.5 cm³/mol. The first-order chi connectivity index (χ1) is 11.0. The van der Waals surface area contributed by atoms with Crippen molar-refractivity contribution in [2.75, 3.05) is 11.9 Å². The van der Waals surface area contributed by atoms with E-state index in [1.54, 1.807) is 29.6 Å². The lowest BCUT2D eigenvalue weighted by molar-refractivity contribution is -0.137. The van der Waals surface area contributed by atoms with Crippen LogP contribution in [0.1, 0.15) is 24.2 Å². The number of esters is 1. The smallest absolute Gasteiger partial charge is 0.338 e. The lowest BCUT2D eigenvalue weighted by Gasteiger charge is -2.06. The Morgan fingerprint density at radius 1 is 1.43 bits per heavy atom. The number of aromatic nitrogens is 4. The van der Waals surface area contributed by atoms with Crippen LogP contribution in [-0.2, 0) is 9.53 Å². The summed E-state index contributed by atoms with van der Waals surface area (Å²) in [5, 5.41) is 14.6. The Bertz CT molecular complexity index is 897. The van der Waals surface area contributed by atoms with E-state index in [0.717, 1.165) is 5.52 Å².